The Morgan fingerprint density at radius 3 is 2.75 bits per heavy atom. The lowest BCUT2D eigenvalue weighted by Crippen LogP contribution is -2.41. The Kier molecular flexibility index (Phi) is 3.60. The molecule has 1 atom stereocenters. The summed E-state index contributed by atoms with van der Waals surface area (Å²) in [6.07, 6.45) is 6.27. The minimum absolute atomic E-state index is 0.0232. The lowest BCUT2D eigenvalue weighted by molar-refractivity contribution is -0.388. The molecule has 1 unspecified atom stereocenters. The number of hydrogen-bond acceptors (Lipinski definition) is 5. The van der Waals surface area contributed by atoms with Crippen LogP contribution in [0.25, 0.3) is 0 Å². The molecule has 0 saturated carbocycles. The third-order valence-corrected chi connectivity index (χ3v) is 4.57. The van der Waals surface area contributed by atoms with E-state index < -0.39 is 0 Å². The van der Waals surface area contributed by atoms with Gasteiger partial charge in [0.25, 0.3) is 0 Å². The van der Waals surface area contributed by atoms with E-state index in [2.05, 4.69) is 15.2 Å². The summed E-state index contributed by atoms with van der Waals surface area (Å²) in [5.74, 6) is 1.33. The highest BCUT2D eigenvalue weighted by Crippen LogP contribution is 2.32. The van der Waals surface area contributed by atoms with E-state index in [4.69, 9.17) is 0 Å². The maximum Gasteiger partial charge on any atom is 0.406 e. The third-order valence-electron chi connectivity index (χ3n) is 4.57. The van der Waals surface area contributed by atoms with E-state index in [1.54, 1.807) is 4.57 Å². The standard InChI is InChI=1S/C13H21N5O2/c1-16-9-15-12(18(19)20)13(16)17-7-4-10(5-8-17)11-3-2-6-14-11/h9-11,14H,2-8H2,1H3. The number of imidazole rings is 1. The fourth-order valence-electron chi connectivity index (χ4n) is 3.53. The molecule has 2 fully saturated rings. The molecule has 2 aliphatic rings. The molecular weight excluding hydrogens is 258 g/mol. The van der Waals surface area contributed by atoms with Crippen LogP contribution in [0.1, 0.15) is 25.7 Å². The molecule has 0 bridgehead atoms. The monoisotopic (exact) mass is 279 g/mol. The van der Waals surface area contributed by atoms with Crippen LogP contribution in [0.4, 0.5) is 11.6 Å². The second kappa shape index (κ2) is 5.40. The maximum absolute atomic E-state index is 11.0. The summed E-state index contributed by atoms with van der Waals surface area (Å²) in [5, 5.41) is 14.6. The number of nitrogens with zero attached hydrogens (tertiary/aromatic N) is 4. The molecule has 2 saturated heterocycles. The number of nitrogens with one attached hydrogen (secondary N) is 1. The van der Waals surface area contributed by atoms with Crippen LogP contribution in [0.2, 0.25) is 0 Å². The molecule has 7 heteroatoms. The number of aryl methyl sites for hydroxylation is 1. The minimum atomic E-state index is -0.389. The van der Waals surface area contributed by atoms with Crippen molar-refractivity contribution in [1.82, 2.24) is 14.9 Å². The Morgan fingerprint density at radius 2 is 2.15 bits per heavy atom. The van der Waals surface area contributed by atoms with Crippen LogP contribution in [-0.2, 0) is 7.05 Å². The van der Waals surface area contributed by atoms with E-state index in [1.165, 1.54) is 19.2 Å². The highest BCUT2D eigenvalue weighted by atomic mass is 16.6. The zero-order chi connectivity index (χ0) is 14.1. The van der Waals surface area contributed by atoms with Gasteiger partial charge in [-0.2, -0.15) is 0 Å². The Morgan fingerprint density at radius 1 is 1.40 bits per heavy atom. The Labute approximate surface area is 118 Å². The van der Waals surface area contributed by atoms with Gasteiger partial charge in [0.2, 0.25) is 12.1 Å². The maximum atomic E-state index is 11.0. The summed E-state index contributed by atoms with van der Waals surface area (Å²) in [6, 6.07) is 0.652. The smallest absolute Gasteiger partial charge is 0.358 e. The molecule has 2 aliphatic heterocycles. The van der Waals surface area contributed by atoms with Gasteiger partial charge in [-0.25, -0.2) is 0 Å². The van der Waals surface area contributed by atoms with Crippen LogP contribution in [0.3, 0.4) is 0 Å². The van der Waals surface area contributed by atoms with Gasteiger partial charge in [-0.05, 0) is 48.1 Å². The summed E-state index contributed by atoms with van der Waals surface area (Å²) in [4.78, 5) is 16.7. The van der Waals surface area contributed by atoms with Gasteiger partial charge in [0, 0.05) is 26.2 Å². The van der Waals surface area contributed by atoms with Crippen molar-refractivity contribution in [2.24, 2.45) is 13.0 Å². The van der Waals surface area contributed by atoms with Crippen molar-refractivity contribution in [3.63, 3.8) is 0 Å². The summed E-state index contributed by atoms with van der Waals surface area (Å²) in [7, 11) is 1.82. The first-order valence-corrected chi connectivity index (χ1v) is 7.31. The number of nitro groups is 1. The van der Waals surface area contributed by atoms with Gasteiger partial charge in [-0.1, -0.05) is 0 Å². The molecule has 110 valence electrons. The van der Waals surface area contributed by atoms with Gasteiger partial charge >= 0.3 is 5.82 Å². The van der Waals surface area contributed by atoms with Crippen LogP contribution >= 0.6 is 0 Å². The molecule has 0 aliphatic carbocycles. The van der Waals surface area contributed by atoms with E-state index in [0.717, 1.165) is 32.5 Å². The predicted octanol–water partition coefficient (Wildman–Crippen LogP) is 1.30. The van der Waals surface area contributed by atoms with Gasteiger partial charge in [0.05, 0.1) is 0 Å². The molecule has 1 aromatic heterocycles. The van der Waals surface area contributed by atoms with Crippen molar-refractivity contribution in [3.05, 3.63) is 16.4 Å². The molecular formula is C13H21N5O2. The van der Waals surface area contributed by atoms with Crippen LogP contribution in [-0.4, -0.2) is 40.2 Å². The topological polar surface area (TPSA) is 76.2 Å². The second-order valence-corrected chi connectivity index (χ2v) is 5.79. The Bertz CT molecular complexity index is 487. The number of rotatable bonds is 3. The zero-order valence-corrected chi connectivity index (χ0v) is 11.8. The van der Waals surface area contributed by atoms with E-state index in [1.807, 2.05) is 7.05 Å². The average Bonchev–Trinajstić information content (AvgIpc) is 3.08. The zero-order valence-electron chi connectivity index (χ0n) is 11.8. The Balaban J connectivity index is 1.68. The number of hydrogen-bond donors (Lipinski definition) is 1. The predicted molar refractivity (Wildman–Crippen MR) is 75.8 cm³/mol. The average molecular weight is 279 g/mol. The fourth-order valence-corrected chi connectivity index (χ4v) is 3.53. The fraction of sp³-hybridized carbons (Fsp3) is 0.769. The summed E-state index contributed by atoms with van der Waals surface area (Å²) in [6.45, 7) is 2.89. The summed E-state index contributed by atoms with van der Waals surface area (Å²) < 4.78 is 1.76. The van der Waals surface area contributed by atoms with Gasteiger partial charge in [-0.3, -0.25) is 4.57 Å². The van der Waals surface area contributed by atoms with Gasteiger partial charge < -0.3 is 20.3 Å². The van der Waals surface area contributed by atoms with Gasteiger partial charge in [0.1, 0.15) is 0 Å². The second-order valence-electron chi connectivity index (χ2n) is 5.79. The lowest BCUT2D eigenvalue weighted by atomic mass is 9.88. The van der Waals surface area contributed by atoms with Crippen molar-refractivity contribution in [3.8, 4) is 0 Å². The molecule has 7 nitrogen and oxygen atoms in total. The molecule has 1 N–H and O–H groups in total. The lowest BCUT2D eigenvalue weighted by Gasteiger charge is -2.35. The van der Waals surface area contributed by atoms with Crippen molar-refractivity contribution < 1.29 is 4.92 Å². The van der Waals surface area contributed by atoms with Crippen molar-refractivity contribution >= 4 is 11.6 Å². The van der Waals surface area contributed by atoms with Crippen LogP contribution in [0.15, 0.2) is 6.33 Å². The van der Waals surface area contributed by atoms with Gasteiger partial charge in [0.15, 0.2) is 0 Å². The normalized spacial score (nSPS) is 24.2. The Hall–Kier alpha value is -1.63. The van der Waals surface area contributed by atoms with Gasteiger partial charge in [-0.15, -0.1) is 0 Å². The first kappa shape index (κ1) is 13.4. The van der Waals surface area contributed by atoms with Crippen molar-refractivity contribution in [2.45, 2.75) is 31.7 Å². The number of anilines is 1. The molecule has 0 radical (unpaired) electrons. The summed E-state index contributed by atoms with van der Waals surface area (Å²) in [5.41, 5.74) is 0. The first-order chi connectivity index (χ1) is 9.66. The third kappa shape index (κ3) is 2.37. The first-order valence-electron chi connectivity index (χ1n) is 7.31. The van der Waals surface area contributed by atoms with Crippen molar-refractivity contribution in [1.29, 1.82) is 0 Å². The van der Waals surface area contributed by atoms with Crippen LogP contribution < -0.4 is 10.2 Å². The SMILES string of the molecule is Cn1cnc([N+](=O)[O-])c1N1CCC(C2CCCN2)CC1. The van der Waals surface area contributed by atoms with E-state index >= 15 is 0 Å². The van der Waals surface area contributed by atoms with Crippen LogP contribution in [0.5, 0.6) is 0 Å². The van der Waals surface area contributed by atoms with E-state index in [0.29, 0.717) is 17.8 Å². The molecule has 0 amide bonds. The quantitative estimate of drug-likeness (QED) is 0.666. The molecule has 0 aromatic carbocycles. The molecule has 1 aromatic rings. The van der Waals surface area contributed by atoms with Crippen LogP contribution in [0, 0.1) is 16.0 Å². The number of piperidine rings is 1. The molecule has 0 spiro atoms. The number of aromatic nitrogens is 2. The van der Waals surface area contributed by atoms with E-state index in [-0.39, 0.29) is 10.7 Å². The van der Waals surface area contributed by atoms with E-state index in [9.17, 15) is 10.1 Å². The molecule has 3 heterocycles. The summed E-state index contributed by atoms with van der Waals surface area (Å²) >= 11 is 0. The highest BCUT2D eigenvalue weighted by molar-refractivity contribution is 5.54. The minimum Gasteiger partial charge on any atom is -0.358 e. The van der Waals surface area contributed by atoms with Crippen molar-refractivity contribution in [2.75, 3.05) is 24.5 Å². The molecule has 3 rings (SSSR count). The largest absolute Gasteiger partial charge is 0.406 e. The molecule has 20 heavy (non-hydrogen) atoms. The highest BCUT2D eigenvalue weighted by Gasteiger charge is 2.32.